The standard InChI is InChI=1S/C11H16OSSi/c1-5-12-11-9-13-8-10(11)6-7-14(2,3)4/h8-9H,5H2,1-4H3. The van der Waals surface area contributed by atoms with Gasteiger partial charge in [-0.1, -0.05) is 25.6 Å². The molecule has 0 amide bonds. The second kappa shape index (κ2) is 4.67. The molecule has 0 unspecified atom stereocenters. The van der Waals surface area contributed by atoms with Gasteiger partial charge in [0.15, 0.2) is 0 Å². The van der Waals surface area contributed by atoms with E-state index in [2.05, 4.69) is 36.5 Å². The molecule has 0 N–H and O–H groups in total. The fraction of sp³-hybridized carbons (Fsp3) is 0.455. The van der Waals surface area contributed by atoms with Gasteiger partial charge in [0.1, 0.15) is 13.8 Å². The second-order valence-corrected chi connectivity index (χ2v) is 9.58. The molecule has 1 aromatic rings. The van der Waals surface area contributed by atoms with Crippen molar-refractivity contribution < 1.29 is 4.74 Å². The first-order valence-corrected chi connectivity index (χ1v) is 9.19. The van der Waals surface area contributed by atoms with Crippen molar-refractivity contribution in [3.8, 4) is 17.2 Å². The summed E-state index contributed by atoms with van der Waals surface area (Å²) in [6.07, 6.45) is 0. The summed E-state index contributed by atoms with van der Waals surface area (Å²) in [5.41, 5.74) is 4.38. The lowest BCUT2D eigenvalue weighted by atomic mass is 10.3. The van der Waals surface area contributed by atoms with E-state index in [-0.39, 0.29) is 0 Å². The van der Waals surface area contributed by atoms with Crippen molar-refractivity contribution in [1.82, 2.24) is 0 Å². The average molecular weight is 224 g/mol. The Morgan fingerprint density at radius 3 is 2.64 bits per heavy atom. The van der Waals surface area contributed by atoms with E-state index in [1.165, 1.54) is 0 Å². The van der Waals surface area contributed by atoms with Gasteiger partial charge in [0.25, 0.3) is 0 Å². The van der Waals surface area contributed by atoms with Gasteiger partial charge in [-0.05, 0) is 6.92 Å². The Morgan fingerprint density at radius 2 is 2.07 bits per heavy atom. The first-order chi connectivity index (χ1) is 6.53. The predicted octanol–water partition coefficient (Wildman–Crippen LogP) is 3.38. The highest BCUT2D eigenvalue weighted by Crippen LogP contribution is 2.22. The molecule has 0 atom stereocenters. The molecule has 1 aromatic heterocycles. The van der Waals surface area contributed by atoms with Gasteiger partial charge in [-0.25, -0.2) is 0 Å². The van der Waals surface area contributed by atoms with E-state index in [1.54, 1.807) is 11.3 Å². The molecule has 0 aromatic carbocycles. The molecular weight excluding hydrogens is 208 g/mol. The van der Waals surface area contributed by atoms with Crippen LogP contribution < -0.4 is 4.74 Å². The molecule has 1 rings (SSSR count). The largest absolute Gasteiger partial charge is 0.492 e. The van der Waals surface area contributed by atoms with Gasteiger partial charge in [-0.15, -0.1) is 16.9 Å². The van der Waals surface area contributed by atoms with Crippen molar-refractivity contribution in [2.45, 2.75) is 26.6 Å². The van der Waals surface area contributed by atoms with Crippen LogP contribution in [0.1, 0.15) is 12.5 Å². The predicted molar refractivity (Wildman–Crippen MR) is 65.7 cm³/mol. The third kappa shape index (κ3) is 3.57. The third-order valence-electron chi connectivity index (χ3n) is 1.50. The smallest absolute Gasteiger partial charge is 0.145 e. The first-order valence-electron chi connectivity index (χ1n) is 4.75. The Morgan fingerprint density at radius 1 is 1.36 bits per heavy atom. The quantitative estimate of drug-likeness (QED) is 0.553. The van der Waals surface area contributed by atoms with Gasteiger partial charge in [0.05, 0.1) is 12.2 Å². The summed E-state index contributed by atoms with van der Waals surface area (Å²) in [5, 5.41) is 4.07. The maximum absolute atomic E-state index is 5.47. The van der Waals surface area contributed by atoms with E-state index in [0.717, 1.165) is 11.3 Å². The molecule has 14 heavy (non-hydrogen) atoms. The molecule has 0 saturated carbocycles. The maximum atomic E-state index is 5.47. The molecule has 0 aliphatic carbocycles. The molecular formula is C11H16OSSi. The van der Waals surface area contributed by atoms with Crippen LogP contribution in [-0.4, -0.2) is 14.7 Å². The van der Waals surface area contributed by atoms with E-state index in [0.29, 0.717) is 6.61 Å². The maximum Gasteiger partial charge on any atom is 0.145 e. The molecule has 0 aliphatic rings. The minimum absolute atomic E-state index is 0.707. The lowest BCUT2D eigenvalue weighted by molar-refractivity contribution is 0.341. The zero-order valence-corrected chi connectivity index (χ0v) is 11.0. The van der Waals surface area contributed by atoms with Crippen LogP contribution in [0.15, 0.2) is 10.8 Å². The Kier molecular flexibility index (Phi) is 3.79. The lowest BCUT2D eigenvalue weighted by Gasteiger charge is -2.04. The Labute approximate surface area is 91.1 Å². The summed E-state index contributed by atoms with van der Waals surface area (Å²) in [5.74, 6) is 4.15. The molecule has 0 radical (unpaired) electrons. The van der Waals surface area contributed by atoms with Crippen LogP contribution in [0.2, 0.25) is 19.6 Å². The Balaban J connectivity index is 2.84. The average Bonchev–Trinajstić information content (AvgIpc) is 2.48. The minimum atomic E-state index is -1.27. The highest BCUT2D eigenvalue weighted by molar-refractivity contribution is 7.08. The van der Waals surface area contributed by atoms with Crippen LogP contribution in [0.5, 0.6) is 5.75 Å². The number of hydrogen-bond acceptors (Lipinski definition) is 2. The zero-order valence-electron chi connectivity index (χ0n) is 9.18. The van der Waals surface area contributed by atoms with Crippen molar-refractivity contribution >= 4 is 19.4 Å². The molecule has 0 aliphatic heterocycles. The number of ether oxygens (including phenoxy) is 1. The summed E-state index contributed by atoms with van der Waals surface area (Å²) >= 11 is 1.64. The fourth-order valence-corrected chi connectivity index (χ4v) is 2.11. The van der Waals surface area contributed by atoms with Crippen LogP contribution in [0.3, 0.4) is 0 Å². The van der Waals surface area contributed by atoms with Gasteiger partial charge < -0.3 is 4.74 Å². The number of hydrogen-bond donors (Lipinski definition) is 0. The van der Waals surface area contributed by atoms with Crippen molar-refractivity contribution in [2.75, 3.05) is 6.61 Å². The van der Waals surface area contributed by atoms with Gasteiger partial charge in [0, 0.05) is 10.8 Å². The minimum Gasteiger partial charge on any atom is -0.492 e. The fourth-order valence-electron chi connectivity index (χ4n) is 0.899. The Bertz CT molecular complexity index is 351. The van der Waals surface area contributed by atoms with E-state index >= 15 is 0 Å². The van der Waals surface area contributed by atoms with Crippen molar-refractivity contribution in [3.63, 3.8) is 0 Å². The normalized spacial score (nSPS) is 10.6. The van der Waals surface area contributed by atoms with E-state index in [4.69, 9.17) is 4.74 Å². The molecule has 1 nitrogen and oxygen atoms in total. The topological polar surface area (TPSA) is 9.23 Å². The molecule has 0 fully saturated rings. The molecule has 0 saturated heterocycles. The van der Waals surface area contributed by atoms with Gasteiger partial charge in [-0.3, -0.25) is 0 Å². The molecule has 76 valence electrons. The number of rotatable bonds is 2. The van der Waals surface area contributed by atoms with Gasteiger partial charge in [-0.2, -0.15) is 0 Å². The van der Waals surface area contributed by atoms with Crippen LogP contribution >= 0.6 is 11.3 Å². The molecule has 0 spiro atoms. The number of thiophene rings is 1. The first kappa shape index (κ1) is 11.4. The zero-order chi connectivity index (χ0) is 10.6. The van der Waals surface area contributed by atoms with Crippen LogP contribution in [-0.2, 0) is 0 Å². The summed E-state index contributed by atoms with van der Waals surface area (Å²) in [7, 11) is -1.27. The molecule has 0 bridgehead atoms. The van der Waals surface area contributed by atoms with Crippen molar-refractivity contribution in [2.24, 2.45) is 0 Å². The molecule has 1 heterocycles. The molecule has 3 heteroatoms. The van der Waals surface area contributed by atoms with E-state index in [9.17, 15) is 0 Å². The van der Waals surface area contributed by atoms with E-state index in [1.807, 2.05) is 12.3 Å². The SMILES string of the molecule is CCOc1cscc1C#C[Si](C)(C)C. The van der Waals surface area contributed by atoms with Crippen molar-refractivity contribution in [1.29, 1.82) is 0 Å². The van der Waals surface area contributed by atoms with Gasteiger partial charge in [0.2, 0.25) is 0 Å². The lowest BCUT2D eigenvalue weighted by Crippen LogP contribution is -2.16. The highest BCUT2D eigenvalue weighted by Gasteiger charge is 2.08. The summed E-state index contributed by atoms with van der Waals surface area (Å²) in [6, 6.07) is 0. The summed E-state index contributed by atoms with van der Waals surface area (Å²) < 4.78 is 5.47. The third-order valence-corrected chi connectivity index (χ3v) is 3.10. The van der Waals surface area contributed by atoms with Crippen LogP contribution in [0, 0.1) is 11.5 Å². The second-order valence-electron chi connectivity index (χ2n) is 4.08. The van der Waals surface area contributed by atoms with Gasteiger partial charge >= 0.3 is 0 Å². The Hall–Kier alpha value is -0.723. The monoisotopic (exact) mass is 224 g/mol. The van der Waals surface area contributed by atoms with Crippen molar-refractivity contribution in [3.05, 3.63) is 16.3 Å². The summed E-state index contributed by atoms with van der Waals surface area (Å²) in [4.78, 5) is 0. The highest BCUT2D eigenvalue weighted by atomic mass is 32.1. The van der Waals surface area contributed by atoms with Crippen LogP contribution in [0.4, 0.5) is 0 Å². The van der Waals surface area contributed by atoms with Crippen LogP contribution in [0.25, 0.3) is 0 Å². The van der Waals surface area contributed by atoms with E-state index < -0.39 is 8.07 Å². The summed E-state index contributed by atoms with van der Waals surface area (Å²) in [6.45, 7) is 9.43.